The SMILES string of the molecule is CC12CC1(C)c1ccccc1C/C=C\C=P2. The van der Waals surface area contributed by atoms with Gasteiger partial charge in [0.2, 0.25) is 0 Å². The van der Waals surface area contributed by atoms with E-state index >= 15 is 0 Å². The van der Waals surface area contributed by atoms with E-state index in [-0.39, 0.29) is 0 Å². The average Bonchev–Trinajstić information content (AvgIpc) is 2.81. The molecule has 0 nitrogen and oxygen atoms in total. The summed E-state index contributed by atoms with van der Waals surface area (Å²) < 4.78 is 0. The third kappa shape index (κ3) is 1.33. The van der Waals surface area contributed by atoms with Gasteiger partial charge in [-0.05, 0) is 29.8 Å². The van der Waals surface area contributed by atoms with Crippen LogP contribution in [-0.4, -0.2) is 11.0 Å². The molecule has 0 aromatic heterocycles. The second-order valence-electron chi connectivity index (χ2n) is 5.35. The Kier molecular flexibility index (Phi) is 2.13. The molecule has 2 atom stereocenters. The molecular formula is C15H17P. The van der Waals surface area contributed by atoms with Crippen molar-refractivity contribution in [2.75, 3.05) is 0 Å². The lowest BCUT2D eigenvalue weighted by Gasteiger charge is -2.18. The summed E-state index contributed by atoms with van der Waals surface area (Å²) in [5, 5.41) is 0.456. The summed E-state index contributed by atoms with van der Waals surface area (Å²) in [6.45, 7) is 4.85. The Bertz CT molecular complexity index is 486. The summed E-state index contributed by atoms with van der Waals surface area (Å²) in [5.41, 5.74) is 3.48. The lowest BCUT2D eigenvalue weighted by molar-refractivity contribution is 0.720. The predicted octanol–water partition coefficient (Wildman–Crippen LogP) is 3.97. The highest BCUT2D eigenvalue weighted by molar-refractivity contribution is 7.41. The van der Waals surface area contributed by atoms with Crippen molar-refractivity contribution in [3.8, 4) is 0 Å². The molecule has 0 saturated heterocycles. The highest BCUT2D eigenvalue weighted by Gasteiger charge is 2.61. The summed E-state index contributed by atoms with van der Waals surface area (Å²) in [4.78, 5) is 0. The summed E-state index contributed by atoms with van der Waals surface area (Å²) >= 11 is 0. The van der Waals surface area contributed by atoms with Gasteiger partial charge in [-0.1, -0.05) is 58.5 Å². The first-order valence-corrected chi connectivity index (χ1v) is 6.91. The smallest absolute Gasteiger partial charge is 0.0197 e. The molecule has 2 unspecified atom stereocenters. The van der Waals surface area contributed by atoms with Crippen LogP contribution in [0.15, 0.2) is 36.4 Å². The van der Waals surface area contributed by atoms with Crippen LogP contribution in [0.4, 0.5) is 0 Å². The van der Waals surface area contributed by atoms with Crippen molar-refractivity contribution >= 4 is 14.0 Å². The van der Waals surface area contributed by atoms with Crippen molar-refractivity contribution in [3.05, 3.63) is 47.5 Å². The van der Waals surface area contributed by atoms with E-state index < -0.39 is 0 Å². The first-order chi connectivity index (χ1) is 7.66. The summed E-state index contributed by atoms with van der Waals surface area (Å²) in [6, 6.07) is 8.96. The summed E-state index contributed by atoms with van der Waals surface area (Å²) in [7, 11) is 1.48. The van der Waals surface area contributed by atoms with Gasteiger partial charge in [0.05, 0.1) is 0 Å². The van der Waals surface area contributed by atoms with E-state index in [2.05, 4.69) is 56.1 Å². The van der Waals surface area contributed by atoms with Crippen LogP contribution in [0, 0.1) is 0 Å². The second-order valence-corrected chi connectivity index (χ2v) is 6.89. The van der Waals surface area contributed by atoms with E-state index in [9.17, 15) is 0 Å². The fourth-order valence-corrected chi connectivity index (χ4v) is 4.27. The van der Waals surface area contributed by atoms with Crippen molar-refractivity contribution in [2.45, 2.75) is 37.3 Å². The number of rotatable bonds is 0. The summed E-state index contributed by atoms with van der Waals surface area (Å²) in [5.74, 6) is 2.32. The van der Waals surface area contributed by atoms with Crippen LogP contribution in [0.5, 0.6) is 0 Å². The molecule has 0 bridgehead atoms. The van der Waals surface area contributed by atoms with Crippen LogP contribution in [0.1, 0.15) is 31.4 Å². The van der Waals surface area contributed by atoms with Crippen molar-refractivity contribution in [1.29, 1.82) is 0 Å². The molecule has 0 spiro atoms. The Morgan fingerprint density at radius 1 is 1.19 bits per heavy atom. The molecule has 2 aliphatic rings. The minimum atomic E-state index is 0.396. The van der Waals surface area contributed by atoms with Gasteiger partial charge in [0.15, 0.2) is 0 Å². The molecule has 1 aromatic carbocycles. The van der Waals surface area contributed by atoms with E-state index in [1.54, 1.807) is 5.56 Å². The highest BCUT2D eigenvalue weighted by Crippen LogP contribution is 2.65. The number of benzene rings is 1. The van der Waals surface area contributed by atoms with Gasteiger partial charge in [0.1, 0.15) is 0 Å². The molecule has 1 aromatic rings. The van der Waals surface area contributed by atoms with Crippen LogP contribution in [0.2, 0.25) is 0 Å². The standard InChI is InChI=1S/C15H17P/c1-14-11-15(14,2)16-10-6-5-8-12-7-3-4-9-13(12)14/h3-7,9-10H,8,11H2,1-2H3/b6-5-. The minimum Gasteiger partial charge on any atom is -0.0970 e. The van der Waals surface area contributed by atoms with Gasteiger partial charge in [-0.15, -0.1) is 0 Å². The molecule has 1 aliphatic heterocycles. The molecule has 1 heterocycles. The average molecular weight is 228 g/mol. The van der Waals surface area contributed by atoms with Crippen LogP contribution < -0.4 is 0 Å². The third-order valence-electron chi connectivity index (χ3n) is 4.29. The molecule has 0 N–H and O–H groups in total. The van der Waals surface area contributed by atoms with Gasteiger partial charge in [0.25, 0.3) is 0 Å². The molecule has 82 valence electrons. The molecule has 16 heavy (non-hydrogen) atoms. The quantitative estimate of drug-likeness (QED) is 0.589. The number of hydrogen-bond acceptors (Lipinski definition) is 0. The van der Waals surface area contributed by atoms with E-state index in [0.29, 0.717) is 10.6 Å². The fourth-order valence-electron chi connectivity index (χ4n) is 2.92. The largest absolute Gasteiger partial charge is 0.0970 e. The van der Waals surface area contributed by atoms with Crippen molar-refractivity contribution in [2.24, 2.45) is 0 Å². The minimum absolute atomic E-state index is 0.396. The van der Waals surface area contributed by atoms with Crippen LogP contribution in [-0.2, 0) is 11.8 Å². The van der Waals surface area contributed by atoms with Gasteiger partial charge < -0.3 is 0 Å². The zero-order valence-electron chi connectivity index (χ0n) is 9.90. The maximum atomic E-state index is 2.43. The molecule has 1 heteroatoms. The first kappa shape index (κ1) is 10.3. The molecule has 1 aliphatic carbocycles. The monoisotopic (exact) mass is 228 g/mol. The lowest BCUT2D eigenvalue weighted by atomic mass is 9.89. The fraction of sp³-hybridized carbons (Fsp3) is 0.400. The Labute approximate surface area is 99.2 Å². The predicted molar refractivity (Wildman–Crippen MR) is 72.6 cm³/mol. The number of allylic oxidation sites excluding steroid dienone is 2. The Morgan fingerprint density at radius 3 is 2.88 bits per heavy atom. The van der Waals surface area contributed by atoms with E-state index in [1.165, 1.54) is 20.2 Å². The van der Waals surface area contributed by atoms with Crippen molar-refractivity contribution < 1.29 is 0 Å². The lowest BCUT2D eigenvalue weighted by Crippen LogP contribution is -2.14. The van der Waals surface area contributed by atoms with Crippen LogP contribution in [0.25, 0.3) is 0 Å². The maximum Gasteiger partial charge on any atom is 0.0197 e. The van der Waals surface area contributed by atoms with E-state index in [0.717, 1.165) is 6.42 Å². The topological polar surface area (TPSA) is 0 Å². The number of fused-ring (bicyclic) bond motifs is 3. The summed E-state index contributed by atoms with van der Waals surface area (Å²) in [6.07, 6.45) is 6.91. The molecule has 1 saturated carbocycles. The van der Waals surface area contributed by atoms with Gasteiger partial charge in [-0.3, -0.25) is 0 Å². The molecule has 1 fully saturated rings. The second kappa shape index (κ2) is 3.31. The van der Waals surface area contributed by atoms with E-state index in [1.807, 2.05) is 0 Å². The van der Waals surface area contributed by atoms with Gasteiger partial charge in [-0.25, -0.2) is 0 Å². The first-order valence-electron chi connectivity index (χ1n) is 5.94. The Balaban J connectivity index is 2.17. The van der Waals surface area contributed by atoms with Crippen LogP contribution >= 0.6 is 8.20 Å². The van der Waals surface area contributed by atoms with Crippen LogP contribution in [0.3, 0.4) is 0 Å². The normalized spacial score (nSPS) is 38.6. The van der Waals surface area contributed by atoms with Gasteiger partial charge >= 0.3 is 0 Å². The molecule has 0 radical (unpaired) electrons. The van der Waals surface area contributed by atoms with Crippen molar-refractivity contribution in [1.82, 2.24) is 0 Å². The van der Waals surface area contributed by atoms with E-state index in [4.69, 9.17) is 0 Å². The highest BCUT2D eigenvalue weighted by atomic mass is 31.1. The Hall–Kier alpha value is -0.870. The van der Waals surface area contributed by atoms with Gasteiger partial charge in [0, 0.05) is 10.6 Å². The van der Waals surface area contributed by atoms with Gasteiger partial charge in [-0.2, -0.15) is 0 Å². The number of hydrogen-bond donors (Lipinski definition) is 0. The third-order valence-corrected chi connectivity index (χ3v) is 5.84. The molecular weight excluding hydrogens is 211 g/mol. The van der Waals surface area contributed by atoms with Crippen molar-refractivity contribution in [3.63, 3.8) is 0 Å². The molecule has 3 rings (SSSR count). The molecule has 0 amide bonds. The zero-order valence-corrected chi connectivity index (χ0v) is 10.8. The zero-order chi connectivity index (χ0) is 11.2. The maximum absolute atomic E-state index is 2.43. The Morgan fingerprint density at radius 2 is 2.00 bits per heavy atom.